The van der Waals surface area contributed by atoms with Crippen LogP contribution in [0.5, 0.6) is 0 Å². The van der Waals surface area contributed by atoms with Gasteiger partial charge in [0, 0.05) is 11.3 Å². The summed E-state index contributed by atoms with van der Waals surface area (Å²) in [5, 5.41) is 0.702. The molecule has 0 atom stereocenters. The van der Waals surface area contributed by atoms with Crippen molar-refractivity contribution >= 4 is 34.6 Å². The molecular weight excluding hydrogens is 312 g/mol. The Labute approximate surface area is 136 Å². The minimum absolute atomic E-state index is 0.399. The van der Waals surface area contributed by atoms with Gasteiger partial charge in [-0.1, -0.05) is 30.0 Å². The Bertz CT molecular complexity index is 887. The van der Waals surface area contributed by atoms with E-state index in [2.05, 4.69) is 9.97 Å². The summed E-state index contributed by atoms with van der Waals surface area (Å²) in [6.45, 7) is 0. The van der Waals surface area contributed by atoms with Crippen molar-refractivity contribution in [1.82, 2.24) is 9.97 Å². The van der Waals surface area contributed by atoms with Crippen LogP contribution in [0.15, 0.2) is 47.6 Å². The Morgan fingerprint density at radius 2 is 1.78 bits per heavy atom. The Morgan fingerprint density at radius 3 is 2.43 bits per heavy atom. The number of aromatic nitrogens is 2. The van der Waals surface area contributed by atoms with Crippen molar-refractivity contribution in [3.05, 3.63) is 59.2 Å². The topological polar surface area (TPSA) is 115 Å². The normalized spacial score (nSPS) is 10.8. The molecule has 0 aliphatic heterocycles. The van der Waals surface area contributed by atoms with Crippen molar-refractivity contribution < 1.29 is 9.59 Å². The fourth-order valence-corrected chi connectivity index (χ4v) is 3.03. The van der Waals surface area contributed by atoms with Crippen LogP contribution in [-0.4, -0.2) is 21.8 Å². The van der Waals surface area contributed by atoms with Gasteiger partial charge in [0.15, 0.2) is 5.16 Å². The second-order valence-corrected chi connectivity index (χ2v) is 5.92. The number of nitrogens with one attached hydrogen (secondary N) is 1. The van der Waals surface area contributed by atoms with Gasteiger partial charge in [-0.05, 0) is 29.8 Å². The predicted octanol–water partition coefficient (Wildman–Crippen LogP) is 2.05. The standard InChI is InChI=1S/C16H14N4O2S/c17-14(21)10-6-4-9(5-7-10)8-23-16-19-12-3-1-2-11(15(18)22)13(12)20-16/h1-7H,8H2,(H2,17,21)(H2,18,22)(H,19,20). The van der Waals surface area contributed by atoms with Crippen LogP contribution in [0, 0.1) is 0 Å². The highest BCUT2D eigenvalue weighted by Gasteiger charge is 2.11. The molecular formula is C16H14N4O2S. The second kappa shape index (κ2) is 6.13. The summed E-state index contributed by atoms with van der Waals surface area (Å²) in [6.07, 6.45) is 0. The van der Waals surface area contributed by atoms with Crippen LogP contribution in [0.25, 0.3) is 11.0 Å². The number of carbonyl (C=O) groups is 2. The van der Waals surface area contributed by atoms with Gasteiger partial charge in [-0.25, -0.2) is 4.98 Å². The fourth-order valence-electron chi connectivity index (χ4n) is 2.19. The average molecular weight is 326 g/mol. The fraction of sp³-hybridized carbons (Fsp3) is 0.0625. The van der Waals surface area contributed by atoms with Crippen molar-refractivity contribution in [2.75, 3.05) is 0 Å². The van der Waals surface area contributed by atoms with Crippen LogP contribution < -0.4 is 11.5 Å². The molecule has 2 aromatic carbocycles. The molecule has 0 spiro atoms. The lowest BCUT2D eigenvalue weighted by Gasteiger charge is -2.00. The van der Waals surface area contributed by atoms with E-state index in [9.17, 15) is 9.59 Å². The van der Waals surface area contributed by atoms with Crippen LogP contribution in [0.2, 0.25) is 0 Å². The zero-order valence-corrected chi connectivity index (χ0v) is 12.9. The van der Waals surface area contributed by atoms with Crippen LogP contribution in [0.3, 0.4) is 0 Å². The number of imidazole rings is 1. The SMILES string of the molecule is NC(=O)c1ccc(CSc2nc3c(C(N)=O)cccc3[nH]2)cc1. The number of primary amides is 2. The number of carbonyl (C=O) groups excluding carboxylic acids is 2. The number of benzene rings is 2. The number of amides is 2. The van der Waals surface area contributed by atoms with Crippen molar-refractivity contribution in [3.63, 3.8) is 0 Å². The highest BCUT2D eigenvalue weighted by Crippen LogP contribution is 2.24. The van der Waals surface area contributed by atoms with Crippen molar-refractivity contribution in [1.29, 1.82) is 0 Å². The van der Waals surface area contributed by atoms with E-state index < -0.39 is 11.8 Å². The Hall–Kier alpha value is -2.80. The van der Waals surface area contributed by atoms with Gasteiger partial charge in [0.05, 0.1) is 11.1 Å². The Balaban J connectivity index is 1.78. The van der Waals surface area contributed by atoms with Crippen molar-refractivity contribution in [3.8, 4) is 0 Å². The van der Waals surface area contributed by atoms with Crippen LogP contribution in [-0.2, 0) is 5.75 Å². The summed E-state index contributed by atoms with van der Waals surface area (Å²) >= 11 is 1.50. The van der Waals surface area contributed by atoms with E-state index in [1.165, 1.54) is 11.8 Å². The minimum Gasteiger partial charge on any atom is -0.366 e. The lowest BCUT2D eigenvalue weighted by molar-refractivity contribution is 0.0992. The Morgan fingerprint density at radius 1 is 1.04 bits per heavy atom. The van der Waals surface area contributed by atoms with E-state index in [0.29, 0.717) is 27.6 Å². The van der Waals surface area contributed by atoms with Gasteiger partial charge in [0.1, 0.15) is 5.52 Å². The quantitative estimate of drug-likeness (QED) is 0.622. The maximum Gasteiger partial charge on any atom is 0.250 e. The number of nitrogens with two attached hydrogens (primary N) is 2. The summed E-state index contributed by atoms with van der Waals surface area (Å²) < 4.78 is 0. The first-order valence-electron chi connectivity index (χ1n) is 6.84. The number of hydrogen-bond acceptors (Lipinski definition) is 4. The molecule has 2 amide bonds. The lowest BCUT2D eigenvalue weighted by Crippen LogP contribution is -2.11. The monoisotopic (exact) mass is 326 g/mol. The third kappa shape index (κ3) is 3.19. The summed E-state index contributed by atoms with van der Waals surface area (Å²) in [5.41, 5.74) is 13.8. The number of para-hydroxylation sites is 1. The molecule has 116 valence electrons. The molecule has 0 bridgehead atoms. The van der Waals surface area contributed by atoms with Crippen LogP contribution >= 0.6 is 11.8 Å². The third-order valence-corrected chi connectivity index (χ3v) is 4.31. The van der Waals surface area contributed by atoms with Gasteiger partial charge in [-0.3, -0.25) is 9.59 Å². The zero-order valence-electron chi connectivity index (χ0n) is 12.1. The number of nitrogens with zero attached hydrogens (tertiary/aromatic N) is 1. The van der Waals surface area contributed by atoms with E-state index in [0.717, 1.165) is 11.1 Å². The molecule has 3 aromatic rings. The lowest BCUT2D eigenvalue weighted by atomic mass is 10.1. The van der Waals surface area contributed by atoms with Crippen molar-refractivity contribution in [2.24, 2.45) is 11.5 Å². The Kier molecular flexibility index (Phi) is 4.03. The van der Waals surface area contributed by atoms with E-state index in [1.54, 1.807) is 24.3 Å². The first-order valence-corrected chi connectivity index (χ1v) is 7.83. The molecule has 1 heterocycles. The van der Waals surface area contributed by atoms with Gasteiger partial charge in [0.25, 0.3) is 5.91 Å². The molecule has 5 N–H and O–H groups in total. The molecule has 0 aliphatic carbocycles. The van der Waals surface area contributed by atoms with Gasteiger partial charge >= 0.3 is 0 Å². The minimum atomic E-state index is -0.499. The smallest absolute Gasteiger partial charge is 0.250 e. The highest BCUT2D eigenvalue weighted by atomic mass is 32.2. The number of thioether (sulfide) groups is 1. The molecule has 0 aliphatic rings. The molecule has 23 heavy (non-hydrogen) atoms. The van der Waals surface area contributed by atoms with Crippen LogP contribution in [0.4, 0.5) is 0 Å². The van der Waals surface area contributed by atoms with Crippen molar-refractivity contribution in [2.45, 2.75) is 10.9 Å². The summed E-state index contributed by atoms with van der Waals surface area (Å²) in [7, 11) is 0. The largest absolute Gasteiger partial charge is 0.366 e. The van der Waals surface area contributed by atoms with E-state index in [4.69, 9.17) is 11.5 Å². The van der Waals surface area contributed by atoms with Gasteiger partial charge in [-0.15, -0.1) is 0 Å². The van der Waals surface area contributed by atoms with Gasteiger partial charge in [0.2, 0.25) is 5.91 Å². The molecule has 0 saturated heterocycles. The number of rotatable bonds is 5. The van der Waals surface area contributed by atoms with Gasteiger partial charge < -0.3 is 16.5 Å². The summed E-state index contributed by atoms with van der Waals surface area (Å²) in [4.78, 5) is 30.0. The maximum atomic E-state index is 11.4. The number of aromatic amines is 1. The summed E-state index contributed by atoms with van der Waals surface area (Å²) in [6, 6.07) is 12.4. The van der Waals surface area contributed by atoms with E-state index >= 15 is 0 Å². The molecule has 1 aromatic heterocycles. The maximum absolute atomic E-state index is 11.4. The molecule has 7 heteroatoms. The summed E-state index contributed by atoms with van der Waals surface area (Å²) in [5.74, 6) is -0.272. The number of hydrogen-bond donors (Lipinski definition) is 3. The molecule has 0 fully saturated rings. The second-order valence-electron chi connectivity index (χ2n) is 4.96. The molecule has 0 radical (unpaired) electrons. The predicted molar refractivity (Wildman–Crippen MR) is 89.1 cm³/mol. The average Bonchev–Trinajstić information content (AvgIpc) is 2.95. The highest BCUT2D eigenvalue weighted by molar-refractivity contribution is 7.98. The third-order valence-electron chi connectivity index (χ3n) is 3.37. The molecule has 0 saturated carbocycles. The number of fused-ring (bicyclic) bond motifs is 1. The first-order chi connectivity index (χ1) is 11.0. The zero-order chi connectivity index (χ0) is 16.4. The van der Waals surface area contributed by atoms with Gasteiger partial charge in [-0.2, -0.15) is 0 Å². The van der Waals surface area contributed by atoms with E-state index in [1.807, 2.05) is 18.2 Å². The molecule has 3 rings (SSSR count). The van der Waals surface area contributed by atoms with Crippen LogP contribution in [0.1, 0.15) is 26.3 Å². The number of H-pyrrole nitrogens is 1. The first kappa shape index (κ1) is 15.1. The van der Waals surface area contributed by atoms with E-state index in [-0.39, 0.29) is 0 Å². The molecule has 0 unspecified atom stereocenters. The molecule has 6 nitrogen and oxygen atoms in total.